The molecule has 0 heterocycles. The van der Waals surface area contributed by atoms with Crippen molar-refractivity contribution in [3.63, 3.8) is 0 Å². The Labute approximate surface area is 203 Å². The third-order valence-electron chi connectivity index (χ3n) is 4.80. The van der Waals surface area contributed by atoms with E-state index in [1.807, 2.05) is 27.7 Å². The maximum Gasteiger partial charge on any atom is 0.0269 e. The van der Waals surface area contributed by atoms with Crippen LogP contribution in [0.2, 0.25) is 0 Å². The van der Waals surface area contributed by atoms with Crippen molar-refractivity contribution in [1.82, 2.24) is 4.90 Å². The van der Waals surface area contributed by atoms with Gasteiger partial charge in [-0.2, -0.15) is 0 Å². The minimum absolute atomic E-state index is 0.608. The summed E-state index contributed by atoms with van der Waals surface area (Å²) in [5.74, 6) is 2.58. The maximum absolute atomic E-state index is 5.32. The van der Waals surface area contributed by atoms with Gasteiger partial charge in [-0.3, -0.25) is 0 Å². The number of hydrogen-bond acceptors (Lipinski definition) is 2. The first kappa shape index (κ1) is 37.5. The molecule has 0 radical (unpaired) electrons. The van der Waals surface area contributed by atoms with Crippen LogP contribution in [-0.2, 0) is 0 Å². The van der Waals surface area contributed by atoms with Crippen LogP contribution >= 0.6 is 0 Å². The summed E-state index contributed by atoms with van der Waals surface area (Å²) in [6, 6.07) is 0.608. The van der Waals surface area contributed by atoms with Gasteiger partial charge in [-0.25, -0.2) is 0 Å². The van der Waals surface area contributed by atoms with E-state index in [2.05, 4.69) is 89.3 Å². The van der Waals surface area contributed by atoms with Crippen LogP contribution in [0.5, 0.6) is 0 Å². The van der Waals surface area contributed by atoms with E-state index >= 15 is 0 Å². The van der Waals surface area contributed by atoms with Crippen LogP contribution in [0.15, 0.2) is 51.6 Å². The Hall–Kier alpha value is -1.85. The van der Waals surface area contributed by atoms with Crippen molar-refractivity contribution in [2.75, 3.05) is 20.6 Å². The van der Waals surface area contributed by atoms with Crippen LogP contribution in [0.4, 0.5) is 0 Å². The molecule has 1 atom stereocenters. The molecule has 0 bridgehead atoms. The Morgan fingerprint density at radius 3 is 2.16 bits per heavy atom. The van der Waals surface area contributed by atoms with Gasteiger partial charge >= 0.3 is 0 Å². The van der Waals surface area contributed by atoms with Crippen LogP contribution in [0, 0.1) is 12.3 Å². The summed E-state index contributed by atoms with van der Waals surface area (Å²) in [6.07, 6.45) is 19.5. The predicted molar refractivity (Wildman–Crippen MR) is 153 cm³/mol. The number of terminal acetylenes is 1. The van der Waals surface area contributed by atoms with E-state index in [9.17, 15) is 0 Å². The molecule has 0 aromatic heterocycles. The number of rotatable bonds is 7. The van der Waals surface area contributed by atoms with Gasteiger partial charge in [-0.05, 0) is 89.6 Å². The molecule has 0 N–H and O–H groups in total. The normalized spacial score (nSPS) is 13.6. The minimum Gasteiger partial charge on any atom is -0.304 e. The Morgan fingerprint density at radius 1 is 1.25 bits per heavy atom. The monoisotopic (exact) mass is 444 g/mol. The quantitative estimate of drug-likeness (QED) is 0.217. The molecule has 1 rings (SSSR count). The highest BCUT2D eigenvalue weighted by Gasteiger charge is 2.16. The third-order valence-corrected chi connectivity index (χ3v) is 4.80. The van der Waals surface area contributed by atoms with E-state index in [0.717, 1.165) is 13.0 Å². The lowest BCUT2D eigenvalue weighted by molar-refractivity contribution is 0.267. The lowest BCUT2D eigenvalue weighted by Crippen LogP contribution is -2.29. The zero-order chi connectivity index (χ0) is 25.9. The van der Waals surface area contributed by atoms with E-state index in [-0.39, 0.29) is 0 Å². The highest BCUT2D eigenvalue weighted by atomic mass is 15.1. The van der Waals surface area contributed by atoms with E-state index in [0.29, 0.717) is 6.04 Å². The van der Waals surface area contributed by atoms with Gasteiger partial charge in [0.05, 0.1) is 0 Å². The Bertz CT molecular complexity index is 582. The number of hydrogen-bond donors (Lipinski definition) is 0. The van der Waals surface area contributed by atoms with E-state index in [1.54, 1.807) is 18.7 Å². The Morgan fingerprint density at radius 2 is 1.75 bits per heavy atom. The second-order valence-electron chi connectivity index (χ2n) is 7.19. The SMILES string of the molecule is C#C/C=C\C(=C/C)CC1=CCCC(CC(C)N(C)CC)=C1C.C=NC.CC.CC.CCC. The minimum atomic E-state index is 0.608. The number of allylic oxidation sites excluding steroid dienone is 7. The van der Waals surface area contributed by atoms with E-state index in [1.165, 1.54) is 42.4 Å². The molecule has 2 nitrogen and oxygen atoms in total. The van der Waals surface area contributed by atoms with Crippen LogP contribution in [0.1, 0.15) is 101 Å². The molecule has 0 amide bonds. The molecular weight excluding hydrogens is 388 g/mol. The predicted octanol–water partition coefficient (Wildman–Crippen LogP) is 9.06. The Kier molecular flexibility index (Phi) is 34.1. The summed E-state index contributed by atoms with van der Waals surface area (Å²) in [6.45, 7) is 25.4. The van der Waals surface area contributed by atoms with Gasteiger partial charge in [0.15, 0.2) is 0 Å². The Balaban J connectivity index is -0.000000337. The average molecular weight is 445 g/mol. The van der Waals surface area contributed by atoms with Crippen LogP contribution in [-0.4, -0.2) is 38.3 Å². The fourth-order valence-corrected chi connectivity index (χ4v) is 2.90. The molecule has 1 aliphatic rings. The zero-order valence-corrected chi connectivity index (χ0v) is 23.8. The number of nitrogens with zero attached hydrogens (tertiary/aromatic N) is 2. The fraction of sp³-hybridized carbons (Fsp3) is 0.633. The third kappa shape index (κ3) is 20.1. The van der Waals surface area contributed by atoms with Gasteiger partial charge in [0.25, 0.3) is 0 Å². The second kappa shape index (κ2) is 29.1. The first-order chi connectivity index (χ1) is 15.4. The van der Waals surface area contributed by atoms with Gasteiger partial charge in [-0.15, -0.1) is 6.42 Å². The molecule has 0 saturated carbocycles. The summed E-state index contributed by atoms with van der Waals surface area (Å²) in [7, 11) is 3.85. The van der Waals surface area contributed by atoms with Crippen LogP contribution < -0.4 is 0 Å². The highest BCUT2D eigenvalue weighted by Crippen LogP contribution is 2.32. The maximum atomic E-state index is 5.32. The summed E-state index contributed by atoms with van der Waals surface area (Å²) < 4.78 is 0. The van der Waals surface area contributed by atoms with Gasteiger partial charge in [-0.1, -0.05) is 84.6 Å². The van der Waals surface area contributed by atoms with Crippen molar-refractivity contribution in [2.24, 2.45) is 4.99 Å². The lowest BCUT2D eigenvalue weighted by Gasteiger charge is -2.27. The largest absolute Gasteiger partial charge is 0.304 e. The topological polar surface area (TPSA) is 15.6 Å². The molecule has 0 aliphatic heterocycles. The standard InChI is InChI=1S/C21H31N.C3H8.C2H5N.2C2H6/c1-7-10-12-19(8-2)16-21-14-11-13-20(18(21)5)15-17(4)22(6)9-3;2*1-3-2;2*1-2/h1,8,10,12,14,17H,9,11,13,15-16H2,2-6H3;3H2,1-2H3;1H2,2H3;2*1-2H3/b12-10-,19-8+;;;;. The molecule has 0 aromatic rings. The first-order valence-electron chi connectivity index (χ1n) is 12.6. The first-order valence-corrected chi connectivity index (χ1v) is 12.6. The molecular formula is C30H56N2. The smallest absolute Gasteiger partial charge is 0.0269 e. The van der Waals surface area contributed by atoms with Crippen LogP contribution in [0.3, 0.4) is 0 Å². The summed E-state index contributed by atoms with van der Waals surface area (Å²) >= 11 is 0. The molecule has 1 aliphatic carbocycles. The molecule has 186 valence electrons. The van der Waals surface area contributed by atoms with Crippen molar-refractivity contribution >= 4 is 6.72 Å². The van der Waals surface area contributed by atoms with E-state index < -0.39 is 0 Å². The second-order valence-corrected chi connectivity index (χ2v) is 7.19. The molecule has 32 heavy (non-hydrogen) atoms. The molecule has 0 spiro atoms. The fourth-order valence-electron chi connectivity index (χ4n) is 2.90. The van der Waals surface area contributed by atoms with E-state index in [4.69, 9.17) is 6.42 Å². The van der Waals surface area contributed by atoms with Crippen LogP contribution in [0.25, 0.3) is 0 Å². The summed E-state index contributed by atoms with van der Waals surface area (Å²) in [5, 5.41) is 0. The van der Waals surface area contributed by atoms with Gasteiger partial charge in [0.1, 0.15) is 0 Å². The lowest BCUT2D eigenvalue weighted by atomic mass is 9.85. The average Bonchev–Trinajstić information content (AvgIpc) is 2.82. The molecule has 1 unspecified atom stereocenters. The summed E-state index contributed by atoms with van der Waals surface area (Å²) in [5.41, 5.74) is 5.89. The molecule has 0 aromatic carbocycles. The van der Waals surface area contributed by atoms with Crippen molar-refractivity contribution < 1.29 is 0 Å². The van der Waals surface area contributed by atoms with Crippen molar-refractivity contribution in [1.29, 1.82) is 0 Å². The van der Waals surface area contributed by atoms with Gasteiger partial charge in [0, 0.05) is 13.1 Å². The molecule has 2 heteroatoms. The summed E-state index contributed by atoms with van der Waals surface area (Å²) in [4.78, 5) is 5.67. The van der Waals surface area contributed by atoms with Crippen molar-refractivity contribution in [2.45, 2.75) is 107 Å². The van der Waals surface area contributed by atoms with Gasteiger partial charge < -0.3 is 9.89 Å². The molecule has 0 fully saturated rings. The van der Waals surface area contributed by atoms with Crippen molar-refractivity contribution in [3.05, 3.63) is 46.6 Å². The molecule has 0 saturated heterocycles. The number of aliphatic imine (C=N–C) groups is 1. The highest BCUT2D eigenvalue weighted by molar-refractivity contribution is 5.42. The zero-order valence-electron chi connectivity index (χ0n) is 23.8. The van der Waals surface area contributed by atoms with Crippen molar-refractivity contribution in [3.8, 4) is 12.3 Å². The van der Waals surface area contributed by atoms with Gasteiger partial charge in [0.2, 0.25) is 0 Å².